The van der Waals surface area contributed by atoms with Gasteiger partial charge >= 0.3 is 5.97 Å². The van der Waals surface area contributed by atoms with Crippen LogP contribution in [-0.2, 0) is 23.0 Å². The Morgan fingerprint density at radius 3 is 2.74 bits per heavy atom. The molecule has 3 heterocycles. The van der Waals surface area contributed by atoms with E-state index in [1.165, 1.54) is 11.3 Å². The minimum Gasteiger partial charge on any atom is -0.466 e. The number of aromatic nitrogens is 5. The zero-order chi connectivity index (χ0) is 24.0. The maximum atomic E-state index is 12.4. The van der Waals surface area contributed by atoms with E-state index in [-0.39, 0.29) is 12.4 Å². The summed E-state index contributed by atoms with van der Waals surface area (Å²) in [7, 11) is 1.77. The van der Waals surface area contributed by atoms with Crippen LogP contribution in [0, 0.1) is 6.92 Å². The van der Waals surface area contributed by atoms with E-state index in [1.807, 2.05) is 37.3 Å². The van der Waals surface area contributed by atoms with Gasteiger partial charge in [0.1, 0.15) is 10.7 Å². The van der Waals surface area contributed by atoms with E-state index in [2.05, 4.69) is 15.1 Å². The molecule has 34 heavy (non-hydrogen) atoms. The van der Waals surface area contributed by atoms with Gasteiger partial charge < -0.3 is 10.5 Å². The summed E-state index contributed by atoms with van der Waals surface area (Å²) in [4.78, 5) is 26.4. The summed E-state index contributed by atoms with van der Waals surface area (Å²) in [6.45, 7) is 4.12. The standard InChI is InChI=1S/C24H21ClN6O2S/c1-4-33-18(32)10-15-12(2)9-16-21(19(15)13-5-7-14(25)8-6-13)34-24(29-16)17-11-27-23-20(28-17)22(26)30-31(23)3/h5-9,11H,4,10H2,1-3H3,(H2,26,30). The van der Waals surface area contributed by atoms with Gasteiger partial charge in [-0.1, -0.05) is 23.7 Å². The quantitative estimate of drug-likeness (QED) is 0.345. The average molecular weight is 493 g/mol. The number of hydrogen-bond acceptors (Lipinski definition) is 8. The van der Waals surface area contributed by atoms with Crippen molar-refractivity contribution in [1.82, 2.24) is 24.7 Å². The van der Waals surface area contributed by atoms with Crippen LogP contribution in [0.2, 0.25) is 5.02 Å². The number of fused-ring (bicyclic) bond motifs is 2. The summed E-state index contributed by atoms with van der Waals surface area (Å²) < 4.78 is 7.79. The van der Waals surface area contributed by atoms with Crippen molar-refractivity contribution in [3.63, 3.8) is 0 Å². The topological polar surface area (TPSA) is 109 Å². The average Bonchev–Trinajstić information content (AvgIpc) is 3.35. The number of esters is 1. The van der Waals surface area contributed by atoms with E-state index in [0.717, 1.165) is 32.5 Å². The molecule has 172 valence electrons. The fourth-order valence-corrected chi connectivity index (χ4v) is 5.22. The molecule has 0 saturated carbocycles. The molecule has 0 amide bonds. The fourth-order valence-electron chi connectivity index (χ4n) is 4.00. The Kier molecular flexibility index (Phi) is 5.66. The van der Waals surface area contributed by atoms with Crippen LogP contribution in [0.15, 0.2) is 36.5 Å². The van der Waals surface area contributed by atoms with Gasteiger partial charge in [0.25, 0.3) is 0 Å². The van der Waals surface area contributed by atoms with Crippen molar-refractivity contribution in [2.24, 2.45) is 7.05 Å². The molecule has 0 aliphatic carbocycles. The number of anilines is 1. The summed E-state index contributed by atoms with van der Waals surface area (Å²) in [5, 5.41) is 5.54. The lowest BCUT2D eigenvalue weighted by Crippen LogP contribution is -2.09. The van der Waals surface area contributed by atoms with Crippen LogP contribution in [0.3, 0.4) is 0 Å². The number of rotatable bonds is 5. The molecular weight excluding hydrogens is 472 g/mol. The number of nitrogens with zero attached hydrogens (tertiary/aromatic N) is 5. The zero-order valence-corrected chi connectivity index (χ0v) is 20.4. The lowest BCUT2D eigenvalue weighted by atomic mass is 9.93. The molecule has 5 aromatic rings. The van der Waals surface area contributed by atoms with E-state index in [0.29, 0.717) is 39.3 Å². The highest BCUT2D eigenvalue weighted by Gasteiger charge is 2.21. The number of nitrogen functional groups attached to an aromatic ring is 1. The summed E-state index contributed by atoms with van der Waals surface area (Å²) in [5.41, 5.74) is 12.3. The number of thiazole rings is 1. The Balaban J connectivity index is 1.72. The highest BCUT2D eigenvalue weighted by Crippen LogP contribution is 2.41. The van der Waals surface area contributed by atoms with Gasteiger partial charge in [-0.2, -0.15) is 5.10 Å². The number of carbonyl (C=O) groups is 1. The third-order valence-electron chi connectivity index (χ3n) is 5.55. The van der Waals surface area contributed by atoms with Gasteiger partial charge in [-0.05, 0) is 48.7 Å². The van der Waals surface area contributed by atoms with Crippen molar-refractivity contribution < 1.29 is 9.53 Å². The number of aryl methyl sites for hydroxylation is 2. The second-order valence-electron chi connectivity index (χ2n) is 7.84. The van der Waals surface area contributed by atoms with Crippen LogP contribution in [0.5, 0.6) is 0 Å². The van der Waals surface area contributed by atoms with Gasteiger partial charge in [0, 0.05) is 17.6 Å². The smallest absolute Gasteiger partial charge is 0.310 e. The molecule has 2 aromatic carbocycles. The van der Waals surface area contributed by atoms with Crippen molar-refractivity contribution in [1.29, 1.82) is 0 Å². The number of hydrogen-bond donors (Lipinski definition) is 1. The van der Waals surface area contributed by atoms with E-state index in [1.54, 1.807) is 24.9 Å². The SMILES string of the molecule is CCOC(=O)Cc1c(C)cc2nc(-c3cnc4c(n3)c(N)nn4C)sc2c1-c1ccc(Cl)cc1. The van der Waals surface area contributed by atoms with Crippen molar-refractivity contribution in [2.45, 2.75) is 20.3 Å². The predicted molar refractivity (Wildman–Crippen MR) is 135 cm³/mol. The minimum atomic E-state index is -0.270. The largest absolute Gasteiger partial charge is 0.466 e. The van der Waals surface area contributed by atoms with Gasteiger partial charge in [0.15, 0.2) is 17.0 Å². The zero-order valence-electron chi connectivity index (χ0n) is 18.8. The molecule has 10 heteroatoms. The number of nitrogens with two attached hydrogens (primary N) is 1. The van der Waals surface area contributed by atoms with Crippen LogP contribution >= 0.6 is 22.9 Å². The lowest BCUT2D eigenvalue weighted by molar-refractivity contribution is -0.142. The molecular formula is C24H21ClN6O2S. The number of benzene rings is 2. The fraction of sp³-hybridized carbons (Fsp3) is 0.208. The van der Waals surface area contributed by atoms with Gasteiger partial charge in [-0.25, -0.2) is 19.6 Å². The third kappa shape index (κ3) is 3.86. The Bertz CT molecular complexity index is 1560. The number of ether oxygens (including phenoxy) is 1. The molecule has 0 spiro atoms. The predicted octanol–water partition coefficient (Wildman–Crippen LogP) is 4.96. The maximum absolute atomic E-state index is 12.4. The first-order chi connectivity index (χ1) is 16.4. The summed E-state index contributed by atoms with van der Waals surface area (Å²) in [5.74, 6) is 0.0515. The Hall–Kier alpha value is -3.56. The molecule has 0 aliphatic rings. The maximum Gasteiger partial charge on any atom is 0.310 e. The van der Waals surface area contributed by atoms with Crippen molar-refractivity contribution >= 4 is 56.1 Å². The summed E-state index contributed by atoms with van der Waals surface area (Å²) >= 11 is 7.64. The molecule has 0 aliphatic heterocycles. The Morgan fingerprint density at radius 1 is 1.24 bits per heavy atom. The van der Waals surface area contributed by atoms with Gasteiger partial charge in [-0.3, -0.25) is 4.79 Å². The minimum absolute atomic E-state index is 0.165. The third-order valence-corrected chi connectivity index (χ3v) is 6.91. The van der Waals surface area contributed by atoms with E-state index in [4.69, 9.17) is 27.1 Å². The molecule has 8 nitrogen and oxygen atoms in total. The molecule has 0 fully saturated rings. The van der Waals surface area contributed by atoms with Crippen LogP contribution < -0.4 is 5.73 Å². The first-order valence-electron chi connectivity index (χ1n) is 10.7. The molecule has 0 saturated heterocycles. The number of halogens is 1. The van der Waals surface area contributed by atoms with E-state index < -0.39 is 0 Å². The number of carbonyl (C=O) groups excluding carboxylic acids is 1. The van der Waals surface area contributed by atoms with E-state index in [9.17, 15) is 4.79 Å². The molecule has 0 unspecified atom stereocenters. The first-order valence-corrected chi connectivity index (χ1v) is 11.8. The van der Waals surface area contributed by atoms with E-state index >= 15 is 0 Å². The molecule has 2 N–H and O–H groups in total. The molecule has 0 radical (unpaired) electrons. The molecule has 0 bridgehead atoms. The monoisotopic (exact) mass is 492 g/mol. The second-order valence-corrected chi connectivity index (χ2v) is 9.27. The van der Waals surface area contributed by atoms with Gasteiger partial charge in [0.05, 0.1) is 29.4 Å². The van der Waals surface area contributed by atoms with Crippen molar-refractivity contribution in [3.8, 4) is 21.8 Å². The molecule has 5 rings (SSSR count). The summed E-state index contributed by atoms with van der Waals surface area (Å²) in [6.07, 6.45) is 1.84. The Morgan fingerprint density at radius 2 is 2.00 bits per heavy atom. The van der Waals surface area contributed by atoms with Crippen LogP contribution in [0.1, 0.15) is 18.1 Å². The van der Waals surface area contributed by atoms with Crippen LogP contribution in [-0.4, -0.2) is 37.3 Å². The van der Waals surface area contributed by atoms with Crippen molar-refractivity contribution in [3.05, 3.63) is 52.7 Å². The normalized spacial score (nSPS) is 11.4. The van der Waals surface area contributed by atoms with Crippen molar-refractivity contribution in [2.75, 3.05) is 12.3 Å². The highest BCUT2D eigenvalue weighted by atomic mass is 35.5. The molecule has 3 aromatic heterocycles. The molecule has 0 atom stereocenters. The van der Waals surface area contributed by atoms with Crippen LogP contribution in [0.4, 0.5) is 5.82 Å². The Labute approximate surface area is 204 Å². The van der Waals surface area contributed by atoms with Gasteiger partial charge in [-0.15, -0.1) is 11.3 Å². The lowest BCUT2D eigenvalue weighted by Gasteiger charge is -2.14. The van der Waals surface area contributed by atoms with Crippen LogP contribution in [0.25, 0.3) is 43.2 Å². The summed E-state index contributed by atoms with van der Waals surface area (Å²) in [6, 6.07) is 9.57. The van der Waals surface area contributed by atoms with Gasteiger partial charge in [0.2, 0.25) is 0 Å². The highest BCUT2D eigenvalue weighted by molar-refractivity contribution is 7.22. The first kappa shape index (κ1) is 22.2. The second kappa shape index (κ2) is 8.66.